The molecule has 132 valence electrons. The number of ether oxygens (including phenoxy) is 2. The van der Waals surface area contributed by atoms with Gasteiger partial charge in [0.2, 0.25) is 16.8 Å². The van der Waals surface area contributed by atoms with Gasteiger partial charge in [0.15, 0.2) is 11.5 Å². The minimum absolute atomic E-state index is 0.170. The second-order valence-electron chi connectivity index (χ2n) is 6.63. The van der Waals surface area contributed by atoms with E-state index in [1.807, 2.05) is 37.3 Å². The monoisotopic (exact) mass is 359 g/mol. The lowest BCUT2D eigenvalue weighted by Crippen LogP contribution is -2.39. The van der Waals surface area contributed by atoms with Crippen molar-refractivity contribution in [2.45, 2.75) is 30.6 Å². The maximum absolute atomic E-state index is 12.9. The van der Waals surface area contributed by atoms with Gasteiger partial charge in [0.05, 0.1) is 4.90 Å². The number of hydrogen-bond acceptors (Lipinski definition) is 4. The van der Waals surface area contributed by atoms with Crippen molar-refractivity contribution in [3.8, 4) is 11.5 Å². The van der Waals surface area contributed by atoms with Crippen LogP contribution in [0.2, 0.25) is 0 Å². The molecule has 0 N–H and O–H groups in total. The number of benzene rings is 2. The topological polar surface area (TPSA) is 55.8 Å². The zero-order valence-corrected chi connectivity index (χ0v) is 15.0. The Kier molecular flexibility index (Phi) is 4.17. The van der Waals surface area contributed by atoms with Crippen molar-refractivity contribution in [1.29, 1.82) is 0 Å². The van der Waals surface area contributed by atoms with Crippen LogP contribution in [0.15, 0.2) is 47.4 Å². The van der Waals surface area contributed by atoms with Crippen LogP contribution in [0.25, 0.3) is 0 Å². The maximum atomic E-state index is 12.9. The summed E-state index contributed by atoms with van der Waals surface area (Å²) in [5, 5.41) is 0. The summed E-state index contributed by atoms with van der Waals surface area (Å²) in [5.41, 5.74) is 2.16. The Morgan fingerprint density at radius 3 is 2.60 bits per heavy atom. The number of hydrogen-bond donors (Lipinski definition) is 0. The Balaban J connectivity index is 1.57. The van der Waals surface area contributed by atoms with E-state index in [2.05, 4.69) is 0 Å². The summed E-state index contributed by atoms with van der Waals surface area (Å²) in [5.74, 6) is 1.67. The quantitative estimate of drug-likeness (QED) is 0.844. The Morgan fingerprint density at radius 1 is 1.04 bits per heavy atom. The van der Waals surface area contributed by atoms with Gasteiger partial charge in [0, 0.05) is 13.1 Å². The third kappa shape index (κ3) is 3.12. The molecule has 2 aromatic carbocycles. The van der Waals surface area contributed by atoms with Crippen LogP contribution in [-0.4, -0.2) is 32.6 Å². The molecule has 2 aliphatic rings. The fourth-order valence-electron chi connectivity index (χ4n) is 3.46. The van der Waals surface area contributed by atoms with E-state index in [1.165, 1.54) is 0 Å². The molecule has 0 saturated carbocycles. The third-order valence-corrected chi connectivity index (χ3v) is 6.79. The molecule has 0 spiro atoms. The van der Waals surface area contributed by atoms with Crippen molar-refractivity contribution in [1.82, 2.24) is 4.31 Å². The minimum atomic E-state index is -3.45. The van der Waals surface area contributed by atoms with Gasteiger partial charge in [-0.2, -0.15) is 4.31 Å². The molecular formula is C19H21NO4S. The number of sulfonamides is 1. The molecule has 5 nitrogen and oxygen atoms in total. The largest absolute Gasteiger partial charge is 0.454 e. The lowest BCUT2D eigenvalue weighted by molar-refractivity contribution is 0.174. The second kappa shape index (κ2) is 6.35. The van der Waals surface area contributed by atoms with Crippen molar-refractivity contribution in [3.05, 3.63) is 53.6 Å². The molecule has 0 aromatic heterocycles. The molecule has 25 heavy (non-hydrogen) atoms. The predicted molar refractivity (Wildman–Crippen MR) is 94.5 cm³/mol. The van der Waals surface area contributed by atoms with Gasteiger partial charge in [-0.05, 0) is 55.5 Å². The number of aryl methyl sites for hydroxylation is 1. The molecule has 0 bridgehead atoms. The molecule has 2 heterocycles. The van der Waals surface area contributed by atoms with Crippen LogP contribution in [0.5, 0.6) is 11.5 Å². The summed E-state index contributed by atoms with van der Waals surface area (Å²) in [6.07, 6.45) is 1.82. The number of nitrogens with zero attached hydrogens (tertiary/aromatic N) is 1. The van der Waals surface area contributed by atoms with Crippen LogP contribution in [0.3, 0.4) is 0 Å². The zero-order valence-electron chi connectivity index (χ0n) is 14.1. The van der Waals surface area contributed by atoms with Gasteiger partial charge in [-0.25, -0.2) is 8.42 Å². The summed E-state index contributed by atoms with van der Waals surface area (Å²) in [7, 11) is -3.45. The maximum Gasteiger partial charge on any atom is 0.243 e. The normalized spacial score (nSPS) is 20.6. The molecule has 0 amide bonds. The molecule has 0 radical (unpaired) electrons. The predicted octanol–water partition coefficient (Wildman–Crippen LogP) is 3.29. The highest BCUT2D eigenvalue weighted by Crippen LogP contribution is 2.37. The van der Waals surface area contributed by atoms with E-state index in [9.17, 15) is 8.42 Å². The first kappa shape index (κ1) is 16.4. The van der Waals surface area contributed by atoms with E-state index >= 15 is 0 Å². The van der Waals surface area contributed by atoms with Gasteiger partial charge in [-0.3, -0.25) is 0 Å². The van der Waals surface area contributed by atoms with Crippen LogP contribution in [0, 0.1) is 6.92 Å². The van der Waals surface area contributed by atoms with Crippen molar-refractivity contribution in [2.75, 3.05) is 19.9 Å². The molecule has 1 atom stereocenters. The first-order chi connectivity index (χ1) is 12.0. The summed E-state index contributed by atoms with van der Waals surface area (Å²) in [6.45, 7) is 3.26. The highest BCUT2D eigenvalue weighted by atomic mass is 32.2. The van der Waals surface area contributed by atoms with E-state index in [-0.39, 0.29) is 12.7 Å². The number of fused-ring (bicyclic) bond motifs is 1. The summed E-state index contributed by atoms with van der Waals surface area (Å²) < 4.78 is 38.3. The summed E-state index contributed by atoms with van der Waals surface area (Å²) >= 11 is 0. The molecule has 1 fully saturated rings. The SMILES string of the molecule is Cc1ccc(S(=O)(=O)N2CCCC(c3ccc4c(c3)OCO4)C2)cc1. The second-order valence-corrected chi connectivity index (χ2v) is 8.57. The smallest absolute Gasteiger partial charge is 0.243 e. The van der Waals surface area contributed by atoms with Gasteiger partial charge in [-0.1, -0.05) is 23.8 Å². The van der Waals surface area contributed by atoms with E-state index < -0.39 is 10.0 Å². The van der Waals surface area contributed by atoms with Gasteiger partial charge in [-0.15, -0.1) is 0 Å². The Morgan fingerprint density at radius 2 is 1.80 bits per heavy atom. The van der Waals surface area contributed by atoms with Gasteiger partial charge in [0.1, 0.15) is 0 Å². The Bertz CT molecular complexity index is 877. The standard InChI is InChI=1S/C19H21NO4S/c1-14-4-7-17(8-5-14)25(21,22)20-10-2-3-16(12-20)15-6-9-18-19(11-15)24-13-23-18/h4-9,11,16H,2-3,10,12-13H2,1H3. The highest BCUT2D eigenvalue weighted by molar-refractivity contribution is 7.89. The zero-order chi connectivity index (χ0) is 17.4. The van der Waals surface area contributed by atoms with E-state index in [1.54, 1.807) is 16.4 Å². The highest BCUT2D eigenvalue weighted by Gasteiger charge is 2.31. The molecule has 1 unspecified atom stereocenters. The Labute approximate surface area is 148 Å². The number of rotatable bonds is 3. The van der Waals surface area contributed by atoms with Crippen molar-refractivity contribution < 1.29 is 17.9 Å². The molecule has 2 aromatic rings. The van der Waals surface area contributed by atoms with E-state index in [4.69, 9.17) is 9.47 Å². The average molecular weight is 359 g/mol. The van der Waals surface area contributed by atoms with Crippen LogP contribution in [-0.2, 0) is 10.0 Å². The number of piperidine rings is 1. The van der Waals surface area contributed by atoms with Crippen LogP contribution < -0.4 is 9.47 Å². The molecule has 1 saturated heterocycles. The van der Waals surface area contributed by atoms with Crippen molar-refractivity contribution in [3.63, 3.8) is 0 Å². The summed E-state index contributed by atoms with van der Waals surface area (Å²) in [6, 6.07) is 13.0. The van der Waals surface area contributed by atoms with E-state index in [0.717, 1.165) is 35.5 Å². The minimum Gasteiger partial charge on any atom is -0.454 e. The fraction of sp³-hybridized carbons (Fsp3) is 0.368. The lowest BCUT2D eigenvalue weighted by Gasteiger charge is -2.32. The third-order valence-electron chi connectivity index (χ3n) is 4.91. The average Bonchev–Trinajstić information content (AvgIpc) is 3.10. The lowest BCUT2D eigenvalue weighted by atomic mass is 9.91. The van der Waals surface area contributed by atoms with Crippen LogP contribution >= 0.6 is 0 Å². The van der Waals surface area contributed by atoms with Crippen molar-refractivity contribution in [2.24, 2.45) is 0 Å². The van der Waals surface area contributed by atoms with Crippen LogP contribution in [0.1, 0.15) is 29.9 Å². The molecule has 2 aliphatic heterocycles. The fourth-order valence-corrected chi connectivity index (χ4v) is 4.98. The molecule has 6 heteroatoms. The summed E-state index contributed by atoms with van der Waals surface area (Å²) in [4.78, 5) is 0.365. The first-order valence-corrected chi connectivity index (χ1v) is 9.94. The van der Waals surface area contributed by atoms with Gasteiger partial charge >= 0.3 is 0 Å². The van der Waals surface area contributed by atoms with Gasteiger partial charge in [0.25, 0.3) is 0 Å². The van der Waals surface area contributed by atoms with E-state index in [0.29, 0.717) is 18.0 Å². The van der Waals surface area contributed by atoms with Gasteiger partial charge < -0.3 is 9.47 Å². The molecule has 0 aliphatic carbocycles. The molecular weight excluding hydrogens is 338 g/mol. The van der Waals surface area contributed by atoms with Crippen molar-refractivity contribution >= 4 is 10.0 Å². The van der Waals surface area contributed by atoms with Crippen LogP contribution in [0.4, 0.5) is 0 Å². The molecule has 4 rings (SSSR count). The Hall–Kier alpha value is -2.05. The first-order valence-electron chi connectivity index (χ1n) is 8.50.